The van der Waals surface area contributed by atoms with Gasteiger partial charge in [0.25, 0.3) is 0 Å². The first-order valence-electron chi connectivity index (χ1n) is 8.90. The minimum Gasteiger partial charge on any atom is -0.343 e. The zero-order chi connectivity index (χ0) is 20.7. The average Bonchev–Trinajstić information content (AvgIpc) is 3.22. The second-order valence-electron chi connectivity index (χ2n) is 7.95. The summed E-state index contributed by atoms with van der Waals surface area (Å²) in [6.45, 7) is 6.51. The van der Waals surface area contributed by atoms with Gasteiger partial charge < -0.3 is 10.2 Å². The third kappa shape index (κ3) is 4.35. The number of hydrogen-bond donors (Lipinski definition) is 2. The van der Waals surface area contributed by atoms with Gasteiger partial charge in [-0.05, 0) is 30.4 Å². The molecule has 1 saturated heterocycles. The van der Waals surface area contributed by atoms with Crippen LogP contribution in [-0.2, 0) is 15.8 Å². The van der Waals surface area contributed by atoms with E-state index in [0.29, 0.717) is 25.2 Å². The van der Waals surface area contributed by atoms with Gasteiger partial charge in [0, 0.05) is 12.7 Å². The zero-order valence-corrected chi connectivity index (χ0v) is 16.5. The van der Waals surface area contributed by atoms with E-state index in [1.165, 1.54) is 0 Å². The van der Waals surface area contributed by atoms with Gasteiger partial charge in [0.05, 0.1) is 10.6 Å². The van der Waals surface area contributed by atoms with E-state index in [-0.39, 0.29) is 28.3 Å². The van der Waals surface area contributed by atoms with Crippen LogP contribution >= 0.6 is 11.6 Å². The molecule has 1 aromatic rings. The second kappa shape index (κ2) is 7.44. The van der Waals surface area contributed by atoms with Gasteiger partial charge in [-0.25, -0.2) is 4.98 Å². The van der Waals surface area contributed by atoms with E-state index >= 15 is 0 Å². The van der Waals surface area contributed by atoms with E-state index in [1.54, 1.807) is 11.0 Å². The molecule has 2 atom stereocenters. The molecule has 6 nitrogen and oxygen atoms in total. The van der Waals surface area contributed by atoms with Crippen molar-refractivity contribution in [3.8, 4) is 0 Å². The first-order valence-corrected chi connectivity index (χ1v) is 9.28. The summed E-state index contributed by atoms with van der Waals surface area (Å²) in [5.41, 5.74) is 1.64. The maximum atomic E-state index is 12.8. The normalized spacial score (nSPS) is 22.8. The van der Waals surface area contributed by atoms with Gasteiger partial charge in [-0.3, -0.25) is 15.1 Å². The number of amides is 1. The average molecular weight is 419 g/mol. The molecule has 154 valence electrons. The van der Waals surface area contributed by atoms with Crippen LogP contribution in [0.3, 0.4) is 0 Å². The van der Waals surface area contributed by atoms with Crippen molar-refractivity contribution in [2.75, 3.05) is 11.4 Å². The highest BCUT2D eigenvalue weighted by molar-refractivity contribution is 6.33. The van der Waals surface area contributed by atoms with E-state index in [0.717, 1.165) is 12.3 Å². The molecule has 0 aromatic carbocycles. The van der Waals surface area contributed by atoms with Crippen molar-refractivity contribution in [1.29, 1.82) is 0 Å². The molecule has 3 heterocycles. The predicted octanol–water partition coefficient (Wildman–Crippen LogP) is 3.63. The van der Waals surface area contributed by atoms with Gasteiger partial charge in [0.1, 0.15) is 23.8 Å². The molecule has 2 aliphatic heterocycles. The Morgan fingerprint density at radius 1 is 1.39 bits per heavy atom. The Balaban J connectivity index is 1.74. The summed E-state index contributed by atoms with van der Waals surface area (Å²) in [6.07, 6.45) is -0.959. The van der Waals surface area contributed by atoms with Crippen LogP contribution in [0.4, 0.5) is 19.0 Å². The number of carbonyl (C=O) groups excluding carboxylic acids is 1. The number of halogens is 4. The first kappa shape index (κ1) is 20.7. The van der Waals surface area contributed by atoms with Crippen LogP contribution in [-0.4, -0.2) is 29.6 Å². The molecule has 0 bridgehead atoms. The summed E-state index contributed by atoms with van der Waals surface area (Å²) in [4.78, 5) is 23.7. The fraction of sp³-hybridized carbons (Fsp3) is 0.556. The number of pyridine rings is 1. The number of hydrogen-bond acceptors (Lipinski definition) is 5. The largest absolute Gasteiger partial charge is 0.417 e. The van der Waals surface area contributed by atoms with Crippen molar-refractivity contribution in [3.63, 3.8) is 0 Å². The van der Waals surface area contributed by atoms with E-state index in [4.69, 9.17) is 16.4 Å². The molecule has 2 aliphatic rings. The molecule has 0 spiro atoms. The van der Waals surface area contributed by atoms with Gasteiger partial charge in [-0.15, -0.1) is 0 Å². The summed E-state index contributed by atoms with van der Waals surface area (Å²) in [6, 6.07) is 0.248. The monoisotopic (exact) mass is 418 g/mol. The first-order chi connectivity index (χ1) is 13.0. The van der Waals surface area contributed by atoms with Crippen molar-refractivity contribution >= 4 is 23.3 Å². The number of nitrogens with one attached hydrogen (secondary N) is 2. The number of carbonyl (C=O) groups is 1. The summed E-state index contributed by atoms with van der Waals surface area (Å²) in [5.74, 6) is 0.319. The number of rotatable bonds is 3. The van der Waals surface area contributed by atoms with E-state index < -0.39 is 17.8 Å². The Bertz CT molecular complexity index is 792. The molecule has 2 unspecified atom stereocenters. The summed E-state index contributed by atoms with van der Waals surface area (Å²) < 4.78 is 38.5. The SMILES string of the molecule is CC(C)(C)C1C=C(NC(=O)C2CCCN2c2ncc(C(F)(F)F)cc2Cl)NO1. The van der Waals surface area contributed by atoms with Crippen molar-refractivity contribution in [2.45, 2.75) is 51.9 Å². The maximum Gasteiger partial charge on any atom is 0.417 e. The molecular weight excluding hydrogens is 397 g/mol. The van der Waals surface area contributed by atoms with Gasteiger partial charge in [-0.2, -0.15) is 13.2 Å². The predicted molar refractivity (Wildman–Crippen MR) is 98.3 cm³/mol. The third-order valence-electron chi connectivity index (χ3n) is 4.70. The van der Waals surface area contributed by atoms with Gasteiger partial charge >= 0.3 is 6.18 Å². The molecule has 1 aromatic heterocycles. The highest BCUT2D eigenvalue weighted by Crippen LogP contribution is 2.35. The Hall–Kier alpha value is -2.00. The smallest absolute Gasteiger partial charge is 0.343 e. The van der Waals surface area contributed by atoms with E-state index in [1.807, 2.05) is 20.8 Å². The lowest BCUT2D eigenvalue weighted by Crippen LogP contribution is -2.44. The lowest BCUT2D eigenvalue weighted by molar-refractivity contribution is -0.137. The number of anilines is 1. The second-order valence-corrected chi connectivity index (χ2v) is 8.36. The minimum absolute atomic E-state index is 0.135. The van der Waals surface area contributed by atoms with Crippen LogP contribution in [0, 0.1) is 5.41 Å². The highest BCUT2D eigenvalue weighted by atomic mass is 35.5. The Morgan fingerprint density at radius 2 is 2.11 bits per heavy atom. The molecule has 3 rings (SSSR count). The maximum absolute atomic E-state index is 12.8. The number of nitrogens with zero attached hydrogens (tertiary/aromatic N) is 2. The summed E-state index contributed by atoms with van der Waals surface area (Å²) in [5, 5.41) is 2.64. The molecule has 10 heteroatoms. The van der Waals surface area contributed by atoms with E-state index in [2.05, 4.69) is 15.8 Å². The Kier molecular flexibility index (Phi) is 5.51. The quantitative estimate of drug-likeness (QED) is 0.784. The van der Waals surface area contributed by atoms with Crippen LogP contribution in [0.5, 0.6) is 0 Å². The number of hydroxylamine groups is 1. The van der Waals surface area contributed by atoms with Gasteiger partial charge in [0.2, 0.25) is 5.91 Å². The summed E-state index contributed by atoms with van der Waals surface area (Å²) >= 11 is 6.05. The lowest BCUT2D eigenvalue weighted by atomic mass is 9.89. The molecule has 1 fully saturated rings. The van der Waals surface area contributed by atoms with E-state index in [9.17, 15) is 18.0 Å². The highest BCUT2D eigenvalue weighted by Gasteiger charge is 2.37. The van der Waals surface area contributed by atoms with Crippen LogP contribution in [0.25, 0.3) is 0 Å². The standard InChI is InChI=1S/C18H22ClF3N4O2/c1-17(2,3)13-8-14(25-28-13)24-16(27)12-5-4-6-26(12)15-11(19)7-10(9-23-15)18(20,21)22/h7-9,12-13,25H,4-6H2,1-3H3,(H,24,27). The van der Waals surface area contributed by atoms with Crippen molar-refractivity contribution < 1.29 is 22.8 Å². The molecule has 0 radical (unpaired) electrons. The lowest BCUT2D eigenvalue weighted by Gasteiger charge is -2.26. The Labute approximate surface area is 166 Å². The van der Waals surface area contributed by atoms with Crippen LogP contribution in [0.1, 0.15) is 39.2 Å². The van der Waals surface area contributed by atoms with Crippen molar-refractivity contribution in [1.82, 2.24) is 15.8 Å². The van der Waals surface area contributed by atoms with Crippen LogP contribution in [0.2, 0.25) is 5.02 Å². The van der Waals surface area contributed by atoms with Crippen molar-refractivity contribution in [2.24, 2.45) is 5.41 Å². The fourth-order valence-electron chi connectivity index (χ4n) is 3.15. The topological polar surface area (TPSA) is 66.5 Å². The molecule has 2 N–H and O–H groups in total. The molecular formula is C18H22ClF3N4O2. The number of alkyl halides is 3. The minimum atomic E-state index is -4.53. The van der Waals surface area contributed by atoms with Crippen LogP contribution in [0.15, 0.2) is 24.2 Å². The van der Waals surface area contributed by atoms with Gasteiger partial charge in [-0.1, -0.05) is 32.4 Å². The fourth-order valence-corrected chi connectivity index (χ4v) is 3.42. The zero-order valence-electron chi connectivity index (χ0n) is 15.7. The number of aromatic nitrogens is 1. The van der Waals surface area contributed by atoms with Gasteiger partial charge in [0.15, 0.2) is 0 Å². The Morgan fingerprint density at radius 3 is 2.68 bits per heavy atom. The molecule has 0 aliphatic carbocycles. The van der Waals surface area contributed by atoms with Crippen LogP contribution < -0.4 is 15.7 Å². The summed E-state index contributed by atoms with van der Waals surface area (Å²) in [7, 11) is 0. The molecule has 1 amide bonds. The molecule has 0 saturated carbocycles. The third-order valence-corrected chi connectivity index (χ3v) is 4.98. The molecule has 28 heavy (non-hydrogen) atoms. The van der Waals surface area contributed by atoms with Crippen molar-refractivity contribution in [3.05, 3.63) is 34.7 Å².